The van der Waals surface area contributed by atoms with Crippen molar-refractivity contribution in [3.05, 3.63) is 51.4 Å². The number of fused-ring (bicyclic) bond motifs is 1. The van der Waals surface area contributed by atoms with Crippen molar-refractivity contribution in [3.8, 4) is 5.75 Å². The molecule has 7 nitrogen and oxygen atoms in total. The molecule has 3 heterocycles. The van der Waals surface area contributed by atoms with Crippen LogP contribution in [0.4, 0.5) is 11.4 Å². The SMILES string of the molecule is O=C(Nc1ccc(N2CCCCC2)cc1)c1c(O)c2c([nH]c1=O)CCNC2. The second kappa shape index (κ2) is 7.44. The van der Waals surface area contributed by atoms with E-state index in [0.717, 1.165) is 25.3 Å². The predicted molar refractivity (Wildman–Crippen MR) is 105 cm³/mol. The minimum absolute atomic E-state index is 0.233. The van der Waals surface area contributed by atoms with E-state index in [1.807, 2.05) is 24.3 Å². The number of H-pyrrole nitrogens is 1. The van der Waals surface area contributed by atoms with E-state index in [-0.39, 0.29) is 11.3 Å². The highest BCUT2D eigenvalue weighted by Gasteiger charge is 2.24. The zero-order chi connectivity index (χ0) is 18.8. The fourth-order valence-electron chi connectivity index (χ4n) is 3.82. The molecule has 0 saturated carbocycles. The first-order valence-electron chi connectivity index (χ1n) is 9.47. The van der Waals surface area contributed by atoms with Gasteiger partial charge in [-0.15, -0.1) is 0 Å². The van der Waals surface area contributed by atoms with Crippen molar-refractivity contribution >= 4 is 17.3 Å². The van der Waals surface area contributed by atoms with Gasteiger partial charge in [0.15, 0.2) is 0 Å². The van der Waals surface area contributed by atoms with Crippen LogP contribution in [0.25, 0.3) is 0 Å². The lowest BCUT2D eigenvalue weighted by atomic mass is 10.0. The van der Waals surface area contributed by atoms with E-state index < -0.39 is 11.5 Å². The van der Waals surface area contributed by atoms with Crippen LogP contribution in [0, 0.1) is 0 Å². The molecule has 2 aliphatic heterocycles. The van der Waals surface area contributed by atoms with Crippen LogP contribution in [0.3, 0.4) is 0 Å². The number of hydrogen-bond donors (Lipinski definition) is 4. The maximum atomic E-state index is 12.6. The van der Waals surface area contributed by atoms with Crippen molar-refractivity contribution in [1.82, 2.24) is 10.3 Å². The summed E-state index contributed by atoms with van der Waals surface area (Å²) in [5.41, 5.74) is 2.21. The molecule has 142 valence electrons. The van der Waals surface area contributed by atoms with Crippen LogP contribution in [0.2, 0.25) is 0 Å². The maximum absolute atomic E-state index is 12.6. The van der Waals surface area contributed by atoms with E-state index in [1.54, 1.807) is 0 Å². The van der Waals surface area contributed by atoms with Crippen LogP contribution < -0.4 is 21.1 Å². The summed E-state index contributed by atoms with van der Waals surface area (Å²) in [7, 11) is 0. The number of nitrogens with one attached hydrogen (secondary N) is 3. The second-order valence-corrected chi connectivity index (χ2v) is 7.11. The zero-order valence-corrected chi connectivity index (χ0v) is 15.2. The summed E-state index contributed by atoms with van der Waals surface area (Å²) < 4.78 is 0. The fourth-order valence-corrected chi connectivity index (χ4v) is 3.82. The Bertz CT molecular complexity index is 899. The van der Waals surface area contributed by atoms with Crippen molar-refractivity contribution in [2.75, 3.05) is 29.9 Å². The van der Waals surface area contributed by atoms with Crippen LogP contribution in [-0.4, -0.2) is 35.6 Å². The summed E-state index contributed by atoms with van der Waals surface area (Å²) in [6, 6.07) is 7.60. The smallest absolute Gasteiger partial charge is 0.265 e. The molecule has 0 aliphatic carbocycles. The number of nitrogens with zero attached hydrogens (tertiary/aromatic N) is 1. The van der Waals surface area contributed by atoms with Crippen molar-refractivity contribution < 1.29 is 9.90 Å². The minimum Gasteiger partial charge on any atom is -0.506 e. The Kier molecular flexibility index (Phi) is 4.85. The number of rotatable bonds is 3. The lowest BCUT2D eigenvalue weighted by Crippen LogP contribution is -2.31. The monoisotopic (exact) mass is 368 g/mol. The molecule has 2 aliphatic rings. The van der Waals surface area contributed by atoms with Gasteiger partial charge in [0.25, 0.3) is 11.5 Å². The maximum Gasteiger partial charge on any atom is 0.265 e. The lowest BCUT2D eigenvalue weighted by molar-refractivity contribution is 0.102. The lowest BCUT2D eigenvalue weighted by Gasteiger charge is -2.28. The van der Waals surface area contributed by atoms with Gasteiger partial charge in [0.05, 0.1) is 0 Å². The Morgan fingerprint density at radius 2 is 1.85 bits per heavy atom. The number of piperidine rings is 1. The van der Waals surface area contributed by atoms with Crippen LogP contribution >= 0.6 is 0 Å². The van der Waals surface area contributed by atoms with Gasteiger partial charge in [-0.1, -0.05) is 0 Å². The number of benzene rings is 1. The number of hydrogen-bond acceptors (Lipinski definition) is 5. The molecule has 4 rings (SSSR count). The Balaban J connectivity index is 1.53. The summed E-state index contributed by atoms with van der Waals surface area (Å²) in [5.74, 6) is -0.837. The van der Waals surface area contributed by atoms with Crippen molar-refractivity contribution in [3.63, 3.8) is 0 Å². The average molecular weight is 368 g/mol. The van der Waals surface area contributed by atoms with Gasteiger partial charge in [0.2, 0.25) is 0 Å². The number of carbonyl (C=O) groups is 1. The molecule has 1 aromatic carbocycles. The normalized spacial score (nSPS) is 16.7. The molecule has 4 N–H and O–H groups in total. The van der Waals surface area contributed by atoms with E-state index in [2.05, 4.69) is 20.5 Å². The summed E-state index contributed by atoms with van der Waals surface area (Å²) in [5, 5.41) is 16.3. The van der Waals surface area contributed by atoms with Crippen LogP contribution in [-0.2, 0) is 13.0 Å². The number of aromatic hydroxyl groups is 1. The Morgan fingerprint density at radius 1 is 1.11 bits per heavy atom. The highest BCUT2D eigenvalue weighted by Crippen LogP contribution is 2.26. The molecule has 1 saturated heterocycles. The van der Waals surface area contributed by atoms with E-state index in [4.69, 9.17) is 0 Å². The highest BCUT2D eigenvalue weighted by atomic mass is 16.3. The highest BCUT2D eigenvalue weighted by molar-refractivity contribution is 6.06. The number of aromatic nitrogens is 1. The third kappa shape index (κ3) is 3.55. The molecule has 1 fully saturated rings. The standard InChI is InChI=1S/C20H24N4O3/c25-18-15-12-21-9-8-16(15)23-20(27)17(18)19(26)22-13-4-6-14(7-5-13)24-10-2-1-3-11-24/h4-7,21H,1-3,8-12H2,(H,22,26)(H2,23,25,27). The quantitative estimate of drug-likeness (QED) is 0.664. The minimum atomic E-state index is -0.604. The molecule has 0 bridgehead atoms. The molecule has 2 aromatic rings. The van der Waals surface area contributed by atoms with E-state index >= 15 is 0 Å². The van der Waals surface area contributed by atoms with Gasteiger partial charge in [0.1, 0.15) is 11.3 Å². The Morgan fingerprint density at radius 3 is 2.59 bits per heavy atom. The fraction of sp³-hybridized carbons (Fsp3) is 0.400. The first-order valence-corrected chi connectivity index (χ1v) is 9.47. The van der Waals surface area contributed by atoms with Gasteiger partial charge in [-0.25, -0.2) is 0 Å². The summed E-state index contributed by atoms with van der Waals surface area (Å²) >= 11 is 0. The number of aromatic amines is 1. The van der Waals surface area contributed by atoms with E-state index in [9.17, 15) is 14.7 Å². The molecule has 0 radical (unpaired) electrons. The second-order valence-electron chi connectivity index (χ2n) is 7.11. The molecule has 1 aromatic heterocycles. The van der Waals surface area contributed by atoms with Gasteiger partial charge in [-0.2, -0.15) is 0 Å². The van der Waals surface area contributed by atoms with Gasteiger partial charge >= 0.3 is 0 Å². The zero-order valence-electron chi connectivity index (χ0n) is 15.2. The first-order chi connectivity index (χ1) is 13.1. The summed E-state index contributed by atoms with van der Waals surface area (Å²) in [6.07, 6.45) is 4.30. The molecule has 27 heavy (non-hydrogen) atoms. The summed E-state index contributed by atoms with van der Waals surface area (Å²) in [6.45, 7) is 3.27. The molecule has 7 heteroatoms. The van der Waals surface area contributed by atoms with Crippen LogP contribution in [0.15, 0.2) is 29.1 Å². The third-order valence-corrected chi connectivity index (χ3v) is 5.31. The van der Waals surface area contributed by atoms with E-state index in [0.29, 0.717) is 29.9 Å². The predicted octanol–water partition coefficient (Wildman–Crippen LogP) is 1.97. The van der Waals surface area contributed by atoms with Crippen LogP contribution in [0.1, 0.15) is 40.9 Å². The van der Waals surface area contributed by atoms with Crippen molar-refractivity contribution in [2.45, 2.75) is 32.2 Å². The molecule has 1 amide bonds. The third-order valence-electron chi connectivity index (χ3n) is 5.31. The Hall–Kier alpha value is -2.80. The summed E-state index contributed by atoms with van der Waals surface area (Å²) in [4.78, 5) is 30.0. The topological polar surface area (TPSA) is 97.5 Å². The van der Waals surface area contributed by atoms with Crippen molar-refractivity contribution in [1.29, 1.82) is 0 Å². The molecule has 0 spiro atoms. The van der Waals surface area contributed by atoms with Gasteiger partial charge in [0, 0.05) is 55.2 Å². The van der Waals surface area contributed by atoms with E-state index in [1.165, 1.54) is 19.3 Å². The molecule has 0 atom stereocenters. The van der Waals surface area contributed by atoms with Crippen LogP contribution in [0.5, 0.6) is 5.75 Å². The molecule has 0 unspecified atom stereocenters. The van der Waals surface area contributed by atoms with Gasteiger partial charge in [-0.05, 0) is 43.5 Å². The number of amides is 1. The Labute approximate surface area is 157 Å². The molecular formula is C20H24N4O3. The first kappa shape index (κ1) is 17.6. The van der Waals surface area contributed by atoms with Gasteiger partial charge < -0.3 is 25.6 Å². The van der Waals surface area contributed by atoms with Crippen molar-refractivity contribution in [2.24, 2.45) is 0 Å². The van der Waals surface area contributed by atoms with Gasteiger partial charge in [-0.3, -0.25) is 9.59 Å². The largest absolute Gasteiger partial charge is 0.506 e. The number of pyridine rings is 1. The number of anilines is 2. The average Bonchev–Trinajstić information content (AvgIpc) is 2.69. The molecular weight excluding hydrogens is 344 g/mol. The number of carbonyl (C=O) groups excluding carboxylic acids is 1.